The summed E-state index contributed by atoms with van der Waals surface area (Å²) in [6, 6.07) is 8.54. The molecule has 0 fully saturated rings. The van der Waals surface area contributed by atoms with Crippen LogP contribution in [0.2, 0.25) is 5.02 Å². The van der Waals surface area contributed by atoms with Crippen LogP contribution in [0.4, 0.5) is 13.2 Å². The maximum atomic E-state index is 12.8. The van der Waals surface area contributed by atoms with Crippen molar-refractivity contribution >= 4 is 40.7 Å². The number of carbonyl (C=O) groups excluding carboxylic acids is 1. The first kappa shape index (κ1) is 24.4. The Bertz CT molecular complexity index is 1110. The largest absolute Gasteiger partial charge is 0.482 e. The Kier molecular flexibility index (Phi) is 7.74. The van der Waals surface area contributed by atoms with Crippen LogP contribution in [0.1, 0.15) is 21.7 Å². The van der Waals surface area contributed by atoms with Crippen LogP contribution in [0.25, 0.3) is 10.6 Å². The van der Waals surface area contributed by atoms with Gasteiger partial charge in [0.15, 0.2) is 6.61 Å². The molecule has 0 aliphatic heterocycles. The molecule has 10 heteroatoms. The second kappa shape index (κ2) is 10.1. The molecule has 1 aromatic heterocycles. The predicted molar refractivity (Wildman–Crippen MR) is 121 cm³/mol. The molecule has 1 heterocycles. The van der Waals surface area contributed by atoms with Gasteiger partial charge in [-0.05, 0) is 37.6 Å². The normalized spacial score (nSPS) is 11.5. The van der Waals surface area contributed by atoms with E-state index >= 15 is 0 Å². The zero-order valence-electron chi connectivity index (χ0n) is 17.4. The Morgan fingerprint density at radius 2 is 1.88 bits per heavy atom. The predicted octanol–water partition coefficient (Wildman–Crippen LogP) is 6.94. The molecule has 3 rings (SSSR count). The molecule has 0 bridgehead atoms. The van der Waals surface area contributed by atoms with Gasteiger partial charge in [-0.3, -0.25) is 0 Å². The van der Waals surface area contributed by atoms with Crippen LogP contribution < -0.4 is 4.74 Å². The van der Waals surface area contributed by atoms with Crippen molar-refractivity contribution in [1.82, 2.24) is 4.98 Å². The monoisotopic (exact) mass is 501 g/mol. The number of carbonyl (C=O) groups is 1. The van der Waals surface area contributed by atoms with Gasteiger partial charge in [0.2, 0.25) is 0 Å². The SMILES string of the molecule is COC(=O)COc1cc(Cl)c(SCc2sc(-c3ccc(C(F)(F)F)cc3)nc2C)cc1C. The molecular formula is C22H19ClF3NO3S2. The highest BCUT2D eigenvalue weighted by Crippen LogP contribution is 2.38. The molecule has 2 aromatic carbocycles. The summed E-state index contributed by atoms with van der Waals surface area (Å²) in [6.45, 7) is 3.52. The van der Waals surface area contributed by atoms with Crippen molar-refractivity contribution in [2.45, 2.75) is 30.7 Å². The molecule has 0 amide bonds. The minimum atomic E-state index is -4.36. The van der Waals surface area contributed by atoms with E-state index < -0.39 is 17.7 Å². The zero-order chi connectivity index (χ0) is 23.5. The number of hydrogen-bond donors (Lipinski definition) is 0. The molecule has 0 aliphatic rings. The van der Waals surface area contributed by atoms with Crippen molar-refractivity contribution < 1.29 is 27.4 Å². The average Bonchev–Trinajstić information content (AvgIpc) is 3.12. The Hall–Kier alpha value is -2.23. The van der Waals surface area contributed by atoms with Crippen molar-refractivity contribution in [2.24, 2.45) is 0 Å². The lowest BCUT2D eigenvalue weighted by Crippen LogP contribution is -2.13. The van der Waals surface area contributed by atoms with Gasteiger partial charge in [-0.1, -0.05) is 23.7 Å². The first-order valence-electron chi connectivity index (χ1n) is 9.35. The minimum absolute atomic E-state index is 0.201. The third kappa shape index (κ3) is 5.96. The number of ether oxygens (including phenoxy) is 2. The highest BCUT2D eigenvalue weighted by atomic mass is 35.5. The van der Waals surface area contributed by atoms with E-state index in [1.807, 2.05) is 19.9 Å². The van der Waals surface area contributed by atoms with Crippen LogP contribution in [-0.4, -0.2) is 24.7 Å². The highest BCUT2D eigenvalue weighted by molar-refractivity contribution is 7.98. The fraction of sp³-hybridized carbons (Fsp3) is 0.273. The first-order chi connectivity index (χ1) is 15.1. The summed E-state index contributed by atoms with van der Waals surface area (Å²) in [4.78, 5) is 17.6. The summed E-state index contributed by atoms with van der Waals surface area (Å²) in [5.74, 6) is 0.623. The maximum Gasteiger partial charge on any atom is 0.416 e. The number of hydrogen-bond acceptors (Lipinski definition) is 6. The third-order valence-electron chi connectivity index (χ3n) is 4.51. The van der Waals surface area contributed by atoms with Crippen LogP contribution in [0, 0.1) is 13.8 Å². The summed E-state index contributed by atoms with van der Waals surface area (Å²) in [7, 11) is 1.29. The van der Waals surface area contributed by atoms with Crippen LogP contribution >= 0.6 is 34.7 Å². The number of nitrogens with zero attached hydrogens (tertiary/aromatic N) is 1. The lowest BCUT2D eigenvalue weighted by atomic mass is 10.1. The zero-order valence-corrected chi connectivity index (χ0v) is 19.8. The van der Waals surface area contributed by atoms with Crippen molar-refractivity contribution in [3.8, 4) is 16.3 Å². The number of aromatic nitrogens is 1. The number of halogens is 4. The standard InChI is InChI=1S/C22H19ClF3NO3S2/c1-12-8-18(16(23)9-17(12)30-10-20(28)29-3)31-11-19-13(2)27-21(32-19)14-4-6-15(7-5-14)22(24,25)26/h4-9H,10-11H2,1-3H3. The van der Waals surface area contributed by atoms with Crippen LogP contribution in [0.3, 0.4) is 0 Å². The molecule has 3 aromatic rings. The van der Waals surface area contributed by atoms with Gasteiger partial charge in [0.1, 0.15) is 10.8 Å². The summed E-state index contributed by atoms with van der Waals surface area (Å²) < 4.78 is 48.3. The molecule has 0 saturated heterocycles. The second-order valence-corrected chi connectivity index (χ2v) is 9.31. The van der Waals surface area contributed by atoms with E-state index in [-0.39, 0.29) is 6.61 Å². The van der Waals surface area contributed by atoms with E-state index in [9.17, 15) is 18.0 Å². The van der Waals surface area contributed by atoms with Gasteiger partial charge in [0.25, 0.3) is 0 Å². The molecule has 0 aliphatic carbocycles. The molecule has 0 unspecified atom stereocenters. The van der Waals surface area contributed by atoms with E-state index in [1.165, 1.54) is 42.3 Å². The second-order valence-electron chi connectivity index (χ2n) is 6.80. The van der Waals surface area contributed by atoms with Crippen molar-refractivity contribution in [3.63, 3.8) is 0 Å². The summed E-state index contributed by atoms with van der Waals surface area (Å²) >= 11 is 9.35. The van der Waals surface area contributed by atoms with Gasteiger partial charge >= 0.3 is 12.1 Å². The van der Waals surface area contributed by atoms with Gasteiger partial charge < -0.3 is 9.47 Å². The molecular weight excluding hydrogens is 483 g/mol. The van der Waals surface area contributed by atoms with Gasteiger partial charge in [-0.25, -0.2) is 9.78 Å². The molecule has 0 saturated carbocycles. The van der Waals surface area contributed by atoms with E-state index in [1.54, 1.807) is 6.07 Å². The number of esters is 1. The summed E-state index contributed by atoms with van der Waals surface area (Å²) in [5, 5.41) is 1.16. The van der Waals surface area contributed by atoms with E-state index in [0.717, 1.165) is 33.2 Å². The Morgan fingerprint density at radius 1 is 1.19 bits per heavy atom. The van der Waals surface area contributed by atoms with Gasteiger partial charge in [0, 0.05) is 27.2 Å². The van der Waals surface area contributed by atoms with Crippen molar-refractivity contribution in [1.29, 1.82) is 0 Å². The van der Waals surface area contributed by atoms with Crippen LogP contribution in [-0.2, 0) is 21.5 Å². The lowest BCUT2D eigenvalue weighted by molar-refractivity contribution is -0.143. The van der Waals surface area contributed by atoms with Gasteiger partial charge in [-0.2, -0.15) is 13.2 Å². The molecule has 32 heavy (non-hydrogen) atoms. The molecule has 0 atom stereocenters. The van der Waals surface area contributed by atoms with E-state index in [4.69, 9.17) is 16.3 Å². The van der Waals surface area contributed by atoms with Crippen molar-refractivity contribution in [2.75, 3.05) is 13.7 Å². The van der Waals surface area contributed by atoms with E-state index in [0.29, 0.717) is 27.1 Å². The Balaban J connectivity index is 1.71. The minimum Gasteiger partial charge on any atom is -0.482 e. The topological polar surface area (TPSA) is 48.4 Å². The van der Waals surface area contributed by atoms with Crippen LogP contribution in [0.5, 0.6) is 5.75 Å². The number of alkyl halides is 3. The molecule has 4 nitrogen and oxygen atoms in total. The smallest absolute Gasteiger partial charge is 0.416 e. The summed E-state index contributed by atoms with van der Waals surface area (Å²) in [6.07, 6.45) is -4.36. The number of thiazole rings is 1. The molecule has 0 radical (unpaired) electrons. The number of aryl methyl sites for hydroxylation is 2. The number of thioether (sulfide) groups is 1. The van der Waals surface area contributed by atoms with E-state index in [2.05, 4.69) is 9.72 Å². The molecule has 0 spiro atoms. The number of benzene rings is 2. The maximum absolute atomic E-state index is 12.8. The Morgan fingerprint density at radius 3 is 2.50 bits per heavy atom. The Labute approximate surface area is 196 Å². The van der Waals surface area contributed by atoms with Crippen LogP contribution in [0.15, 0.2) is 41.3 Å². The lowest BCUT2D eigenvalue weighted by Gasteiger charge is -2.11. The first-order valence-corrected chi connectivity index (χ1v) is 11.5. The van der Waals surface area contributed by atoms with Gasteiger partial charge in [-0.15, -0.1) is 23.1 Å². The van der Waals surface area contributed by atoms with Gasteiger partial charge in [0.05, 0.1) is 23.4 Å². The van der Waals surface area contributed by atoms with Crippen molar-refractivity contribution in [3.05, 3.63) is 63.1 Å². The average molecular weight is 502 g/mol. The molecule has 0 N–H and O–H groups in total. The highest BCUT2D eigenvalue weighted by Gasteiger charge is 2.30. The third-order valence-corrected chi connectivity index (χ3v) is 7.41. The quantitative estimate of drug-likeness (QED) is 0.259. The molecule has 170 valence electrons. The fourth-order valence-electron chi connectivity index (χ4n) is 2.73. The number of rotatable bonds is 7. The number of methoxy groups -OCH3 is 1. The fourth-order valence-corrected chi connectivity index (χ4v) is 5.27. The summed E-state index contributed by atoms with van der Waals surface area (Å²) in [5.41, 5.74) is 1.60.